The Balaban J connectivity index is 2.03. The Morgan fingerprint density at radius 2 is 1.91 bits per heavy atom. The quantitative estimate of drug-likeness (QED) is 0.444. The fraction of sp³-hybridized carbons (Fsp3) is 0.333. The zero-order valence-corrected chi connectivity index (χ0v) is 13.5. The van der Waals surface area contributed by atoms with Crippen LogP contribution in [0.3, 0.4) is 0 Å². The van der Waals surface area contributed by atoms with Crippen LogP contribution in [0.4, 0.5) is 11.4 Å². The van der Waals surface area contributed by atoms with Crippen LogP contribution in [-0.4, -0.2) is 11.5 Å². The molecule has 0 aliphatic rings. The highest BCUT2D eigenvalue weighted by atomic mass is 16.6. The van der Waals surface area contributed by atoms with Crippen molar-refractivity contribution in [2.24, 2.45) is 0 Å². The minimum atomic E-state index is -0.362. The van der Waals surface area contributed by atoms with E-state index in [1.807, 2.05) is 12.1 Å². The number of nitrogens with zero attached hydrogens (tertiary/aromatic N) is 1. The summed E-state index contributed by atoms with van der Waals surface area (Å²) in [7, 11) is 0. The maximum Gasteiger partial charge on any atom is 0.272 e. The second kappa shape index (κ2) is 8.29. The van der Waals surface area contributed by atoms with Crippen molar-refractivity contribution >= 4 is 11.4 Å². The Kier molecular flexibility index (Phi) is 6.11. The SMILES string of the molecule is CCCOCc1ccccc1CNc1ccc([N+](=O)[O-])c(C)c1. The van der Waals surface area contributed by atoms with E-state index in [-0.39, 0.29) is 10.6 Å². The van der Waals surface area contributed by atoms with Gasteiger partial charge in [0, 0.05) is 30.5 Å². The largest absolute Gasteiger partial charge is 0.381 e. The molecule has 2 rings (SSSR count). The standard InChI is InChI=1S/C18H22N2O3/c1-3-10-23-13-16-7-5-4-6-15(16)12-19-17-8-9-18(20(21)22)14(2)11-17/h4-9,11,19H,3,10,12-13H2,1-2H3. The van der Waals surface area contributed by atoms with Gasteiger partial charge in [0.2, 0.25) is 0 Å². The third kappa shape index (κ3) is 4.79. The molecule has 5 heteroatoms. The van der Waals surface area contributed by atoms with E-state index in [2.05, 4.69) is 24.4 Å². The molecule has 0 saturated carbocycles. The molecule has 0 heterocycles. The highest BCUT2D eigenvalue weighted by Gasteiger charge is 2.10. The number of rotatable bonds is 8. The lowest BCUT2D eigenvalue weighted by molar-refractivity contribution is -0.385. The molecule has 0 aliphatic carbocycles. The second-order valence-corrected chi connectivity index (χ2v) is 5.43. The molecular formula is C18H22N2O3. The zero-order chi connectivity index (χ0) is 16.7. The number of hydrogen-bond acceptors (Lipinski definition) is 4. The third-order valence-corrected chi connectivity index (χ3v) is 3.60. The van der Waals surface area contributed by atoms with Gasteiger partial charge in [0.05, 0.1) is 11.5 Å². The summed E-state index contributed by atoms with van der Waals surface area (Å²) in [6.07, 6.45) is 1.00. The molecule has 0 spiro atoms. The molecule has 1 N–H and O–H groups in total. The maximum atomic E-state index is 10.9. The lowest BCUT2D eigenvalue weighted by Gasteiger charge is -2.12. The van der Waals surface area contributed by atoms with Crippen molar-refractivity contribution in [1.82, 2.24) is 0 Å². The molecule has 0 fully saturated rings. The topological polar surface area (TPSA) is 64.4 Å². The summed E-state index contributed by atoms with van der Waals surface area (Å²) >= 11 is 0. The second-order valence-electron chi connectivity index (χ2n) is 5.43. The van der Waals surface area contributed by atoms with Crippen molar-refractivity contribution in [2.45, 2.75) is 33.4 Å². The molecular weight excluding hydrogens is 292 g/mol. The molecule has 2 aromatic carbocycles. The van der Waals surface area contributed by atoms with Gasteiger partial charge in [-0.3, -0.25) is 10.1 Å². The van der Waals surface area contributed by atoms with Crippen LogP contribution in [0.15, 0.2) is 42.5 Å². The average Bonchev–Trinajstić information content (AvgIpc) is 2.54. The molecule has 0 saturated heterocycles. The number of hydrogen-bond donors (Lipinski definition) is 1. The first-order valence-electron chi connectivity index (χ1n) is 7.75. The monoisotopic (exact) mass is 314 g/mol. The van der Waals surface area contributed by atoms with Crippen LogP contribution in [0, 0.1) is 17.0 Å². The van der Waals surface area contributed by atoms with E-state index >= 15 is 0 Å². The van der Waals surface area contributed by atoms with Crippen LogP contribution in [0.1, 0.15) is 30.0 Å². The van der Waals surface area contributed by atoms with Gasteiger partial charge in [-0.05, 0) is 36.6 Å². The Labute approximate surface area is 136 Å². The predicted octanol–water partition coefficient (Wildman–Crippen LogP) is 4.44. The number of nitro benzene ring substituents is 1. The van der Waals surface area contributed by atoms with E-state index in [9.17, 15) is 10.1 Å². The Hall–Kier alpha value is -2.40. The third-order valence-electron chi connectivity index (χ3n) is 3.60. The molecule has 5 nitrogen and oxygen atoms in total. The first-order valence-corrected chi connectivity index (χ1v) is 7.75. The molecule has 0 atom stereocenters. The van der Waals surface area contributed by atoms with Crippen LogP contribution in [0.25, 0.3) is 0 Å². The molecule has 2 aromatic rings. The van der Waals surface area contributed by atoms with E-state index in [1.54, 1.807) is 19.1 Å². The molecule has 122 valence electrons. The van der Waals surface area contributed by atoms with Crippen LogP contribution < -0.4 is 5.32 Å². The number of aryl methyl sites for hydroxylation is 1. The van der Waals surface area contributed by atoms with Crippen molar-refractivity contribution in [3.63, 3.8) is 0 Å². The first kappa shape index (κ1) is 17.0. The Morgan fingerprint density at radius 1 is 1.17 bits per heavy atom. The van der Waals surface area contributed by atoms with E-state index in [0.717, 1.165) is 24.3 Å². The maximum absolute atomic E-state index is 10.9. The summed E-state index contributed by atoms with van der Waals surface area (Å²) in [5.41, 5.74) is 3.99. The van der Waals surface area contributed by atoms with E-state index in [0.29, 0.717) is 18.7 Å². The van der Waals surface area contributed by atoms with E-state index in [1.165, 1.54) is 11.6 Å². The lowest BCUT2D eigenvalue weighted by atomic mass is 10.1. The van der Waals surface area contributed by atoms with Crippen molar-refractivity contribution in [3.05, 3.63) is 69.3 Å². The molecule has 0 amide bonds. The summed E-state index contributed by atoms with van der Waals surface area (Å²) in [4.78, 5) is 10.5. The molecule has 0 aromatic heterocycles. The molecule has 0 unspecified atom stereocenters. The highest BCUT2D eigenvalue weighted by molar-refractivity contribution is 5.53. The van der Waals surface area contributed by atoms with E-state index < -0.39 is 0 Å². The number of anilines is 1. The summed E-state index contributed by atoms with van der Waals surface area (Å²) < 4.78 is 5.62. The minimum Gasteiger partial charge on any atom is -0.381 e. The van der Waals surface area contributed by atoms with Gasteiger partial charge in [0.15, 0.2) is 0 Å². The van der Waals surface area contributed by atoms with Gasteiger partial charge in [-0.15, -0.1) is 0 Å². The molecule has 0 aliphatic heterocycles. The van der Waals surface area contributed by atoms with Gasteiger partial charge in [-0.2, -0.15) is 0 Å². The Bertz CT molecular complexity index is 671. The van der Waals surface area contributed by atoms with Gasteiger partial charge < -0.3 is 10.1 Å². The van der Waals surface area contributed by atoms with Crippen molar-refractivity contribution in [1.29, 1.82) is 0 Å². The summed E-state index contributed by atoms with van der Waals surface area (Å²) in [6, 6.07) is 13.2. The zero-order valence-electron chi connectivity index (χ0n) is 13.5. The van der Waals surface area contributed by atoms with Gasteiger partial charge >= 0.3 is 0 Å². The normalized spacial score (nSPS) is 10.5. The fourth-order valence-electron chi connectivity index (χ4n) is 2.36. The number of ether oxygens (including phenoxy) is 1. The minimum absolute atomic E-state index is 0.143. The number of benzene rings is 2. The van der Waals surface area contributed by atoms with Crippen LogP contribution in [0.5, 0.6) is 0 Å². The molecule has 0 bridgehead atoms. The van der Waals surface area contributed by atoms with Gasteiger partial charge in [0.25, 0.3) is 5.69 Å². The average molecular weight is 314 g/mol. The fourth-order valence-corrected chi connectivity index (χ4v) is 2.36. The van der Waals surface area contributed by atoms with Gasteiger partial charge in [-0.1, -0.05) is 31.2 Å². The van der Waals surface area contributed by atoms with Gasteiger partial charge in [0.1, 0.15) is 0 Å². The summed E-state index contributed by atoms with van der Waals surface area (Å²) in [6.45, 7) is 5.84. The number of nitrogens with one attached hydrogen (secondary N) is 1. The van der Waals surface area contributed by atoms with Crippen LogP contribution in [0.2, 0.25) is 0 Å². The highest BCUT2D eigenvalue weighted by Crippen LogP contribution is 2.22. The smallest absolute Gasteiger partial charge is 0.272 e. The van der Waals surface area contributed by atoms with E-state index in [4.69, 9.17) is 4.74 Å². The predicted molar refractivity (Wildman–Crippen MR) is 91.5 cm³/mol. The van der Waals surface area contributed by atoms with Crippen molar-refractivity contribution < 1.29 is 9.66 Å². The Morgan fingerprint density at radius 3 is 2.57 bits per heavy atom. The number of nitro groups is 1. The van der Waals surface area contributed by atoms with Gasteiger partial charge in [-0.25, -0.2) is 0 Å². The summed E-state index contributed by atoms with van der Waals surface area (Å²) in [5.74, 6) is 0. The van der Waals surface area contributed by atoms with Crippen molar-refractivity contribution in [2.75, 3.05) is 11.9 Å². The van der Waals surface area contributed by atoms with Crippen molar-refractivity contribution in [3.8, 4) is 0 Å². The molecule has 0 radical (unpaired) electrons. The summed E-state index contributed by atoms with van der Waals surface area (Å²) in [5, 5.41) is 14.2. The first-order chi connectivity index (χ1) is 11.1. The molecule has 23 heavy (non-hydrogen) atoms. The van der Waals surface area contributed by atoms with Crippen LogP contribution in [-0.2, 0) is 17.9 Å². The van der Waals surface area contributed by atoms with Crippen LogP contribution >= 0.6 is 0 Å². The lowest BCUT2D eigenvalue weighted by Crippen LogP contribution is -2.05.